The summed E-state index contributed by atoms with van der Waals surface area (Å²) in [7, 11) is 3.10. The minimum atomic E-state index is -0.713. The monoisotopic (exact) mass is 372 g/mol. The van der Waals surface area contributed by atoms with Gasteiger partial charge in [0, 0.05) is 17.8 Å². The van der Waals surface area contributed by atoms with Crippen molar-refractivity contribution < 1.29 is 18.3 Å². The van der Waals surface area contributed by atoms with Gasteiger partial charge in [-0.2, -0.15) is 4.98 Å². The summed E-state index contributed by atoms with van der Waals surface area (Å²) < 4.78 is 38.3. The first kappa shape index (κ1) is 18.4. The van der Waals surface area contributed by atoms with Crippen LogP contribution < -0.4 is 20.1 Å². The molecule has 27 heavy (non-hydrogen) atoms. The molecular weight excluding hydrogens is 354 g/mol. The molecular formula is C19H18F2N4O2. The van der Waals surface area contributed by atoms with E-state index in [0.29, 0.717) is 22.9 Å². The van der Waals surface area contributed by atoms with Gasteiger partial charge in [0.2, 0.25) is 5.95 Å². The number of halogens is 2. The normalized spacial score (nSPS) is 10.4. The van der Waals surface area contributed by atoms with Crippen LogP contribution >= 0.6 is 0 Å². The highest BCUT2D eigenvalue weighted by Crippen LogP contribution is 2.31. The molecule has 0 aliphatic rings. The Bertz CT molecular complexity index is 946. The molecule has 140 valence electrons. The number of hydrogen-bond acceptors (Lipinski definition) is 6. The van der Waals surface area contributed by atoms with E-state index in [0.717, 1.165) is 0 Å². The summed E-state index contributed by atoms with van der Waals surface area (Å²) >= 11 is 0. The van der Waals surface area contributed by atoms with Gasteiger partial charge in [-0.1, -0.05) is 6.07 Å². The van der Waals surface area contributed by atoms with Gasteiger partial charge in [-0.3, -0.25) is 0 Å². The lowest BCUT2D eigenvalue weighted by atomic mass is 10.2. The Morgan fingerprint density at radius 2 is 1.63 bits per heavy atom. The summed E-state index contributed by atoms with van der Waals surface area (Å²) in [5.74, 6) is 0.246. The minimum Gasteiger partial charge on any atom is -0.497 e. The van der Waals surface area contributed by atoms with Gasteiger partial charge in [0.1, 0.15) is 34.6 Å². The summed E-state index contributed by atoms with van der Waals surface area (Å²) in [4.78, 5) is 8.57. The van der Waals surface area contributed by atoms with Gasteiger partial charge in [0.25, 0.3) is 0 Å². The molecule has 0 bridgehead atoms. The van der Waals surface area contributed by atoms with Crippen LogP contribution in [0.2, 0.25) is 0 Å². The van der Waals surface area contributed by atoms with Crippen molar-refractivity contribution in [2.24, 2.45) is 0 Å². The zero-order chi connectivity index (χ0) is 19.4. The summed E-state index contributed by atoms with van der Waals surface area (Å²) in [5.41, 5.74) is 0.916. The van der Waals surface area contributed by atoms with Crippen LogP contribution in [0, 0.1) is 18.6 Å². The van der Waals surface area contributed by atoms with E-state index in [1.54, 1.807) is 38.3 Å². The number of aryl methyl sites for hydroxylation is 1. The molecule has 0 spiro atoms. The molecule has 3 aromatic rings. The molecule has 0 saturated heterocycles. The number of methoxy groups -OCH3 is 2. The molecule has 0 fully saturated rings. The van der Waals surface area contributed by atoms with E-state index in [2.05, 4.69) is 20.6 Å². The van der Waals surface area contributed by atoms with Gasteiger partial charge in [0.05, 0.1) is 19.9 Å². The molecule has 0 amide bonds. The Hall–Kier alpha value is -3.42. The summed E-state index contributed by atoms with van der Waals surface area (Å²) in [6.07, 6.45) is 0. The molecule has 1 heterocycles. The fourth-order valence-corrected chi connectivity index (χ4v) is 2.47. The molecule has 0 aliphatic heterocycles. The third kappa shape index (κ3) is 4.22. The molecule has 0 radical (unpaired) electrons. The molecule has 2 N–H and O–H groups in total. The van der Waals surface area contributed by atoms with Crippen molar-refractivity contribution in [3.63, 3.8) is 0 Å². The van der Waals surface area contributed by atoms with E-state index in [9.17, 15) is 8.78 Å². The lowest BCUT2D eigenvalue weighted by Gasteiger charge is -2.13. The Morgan fingerprint density at radius 1 is 0.889 bits per heavy atom. The van der Waals surface area contributed by atoms with Crippen molar-refractivity contribution in [1.29, 1.82) is 0 Å². The maximum Gasteiger partial charge on any atom is 0.229 e. The molecule has 0 aliphatic carbocycles. The topological polar surface area (TPSA) is 68.3 Å². The van der Waals surface area contributed by atoms with E-state index < -0.39 is 11.6 Å². The molecule has 0 unspecified atom stereocenters. The Morgan fingerprint density at radius 3 is 2.30 bits per heavy atom. The van der Waals surface area contributed by atoms with Gasteiger partial charge in [-0.25, -0.2) is 13.8 Å². The molecule has 3 rings (SSSR count). The maximum absolute atomic E-state index is 13.9. The largest absolute Gasteiger partial charge is 0.497 e. The number of nitrogens with zero attached hydrogens (tertiary/aromatic N) is 2. The zero-order valence-electron chi connectivity index (χ0n) is 15.0. The van der Waals surface area contributed by atoms with Crippen molar-refractivity contribution in [3.05, 3.63) is 59.8 Å². The molecule has 8 heteroatoms. The molecule has 1 aromatic heterocycles. The van der Waals surface area contributed by atoms with Crippen LogP contribution in [0.3, 0.4) is 0 Å². The van der Waals surface area contributed by atoms with Crippen LogP contribution in [0.1, 0.15) is 5.69 Å². The number of aromatic nitrogens is 2. The highest BCUT2D eigenvalue weighted by atomic mass is 19.1. The van der Waals surface area contributed by atoms with Gasteiger partial charge in [-0.05, 0) is 31.2 Å². The maximum atomic E-state index is 13.9. The second-order valence-electron chi connectivity index (χ2n) is 5.63. The van der Waals surface area contributed by atoms with Crippen molar-refractivity contribution in [3.8, 4) is 11.5 Å². The van der Waals surface area contributed by atoms with E-state index in [-0.39, 0.29) is 17.5 Å². The third-order valence-electron chi connectivity index (χ3n) is 3.72. The first-order valence-electron chi connectivity index (χ1n) is 8.06. The number of anilines is 4. The highest BCUT2D eigenvalue weighted by Gasteiger charge is 2.12. The van der Waals surface area contributed by atoms with Crippen LogP contribution in [0.4, 0.5) is 31.9 Å². The van der Waals surface area contributed by atoms with E-state index >= 15 is 0 Å². The van der Waals surface area contributed by atoms with Gasteiger partial charge >= 0.3 is 0 Å². The zero-order valence-corrected chi connectivity index (χ0v) is 15.0. The number of rotatable bonds is 6. The van der Waals surface area contributed by atoms with Crippen LogP contribution in [0.15, 0.2) is 42.5 Å². The lowest BCUT2D eigenvalue weighted by Crippen LogP contribution is -2.05. The lowest BCUT2D eigenvalue weighted by molar-refractivity contribution is 0.405. The average molecular weight is 372 g/mol. The van der Waals surface area contributed by atoms with Crippen LogP contribution in [-0.4, -0.2) is 24.2 Å². The first-order chi connectivity index (χ1) is 13.0. The van der Waals surface area contributed by atoms with Gasteiger partial charge in [0.15, 0.2) is 0 Å². The first-order valence-corrected chi connectivity index (χ1v) is 8.06. The number of benzene rings is 2. The smallest absolute Gasteiger partial charge is 0.229 e. The van der Waals surface area contributed by atoms with E-state index in [1.165, 1.54) is 25.3 Å². The Kier molecular flexibility index (Phi) is 5.35. The second-order valence-corrected chi connectivity index (χ2v) is 5.63. The summed E-state index contributed by atoms with van der Waals surface area (Å²) in [6.45, 7) is 1.75. The van der Waals surface area contributed by atoms with Crippen molar-refractivity contribution in [2.75, 3.05) is 24.9 Å². The predicted octanol–water partition coefficient (Wildman–Crippen LogP) is 4.57. The standard InChI is InChI=1S/C19H18F2N4O2/c1-11-9-17(24-18-13(20)5-4-6-14(18)21)25-19(22-11)23-15-10-12(26-2)7-8-16(15)27-3/h4-10H,1-3H3,(H2,22,23,24,25). The molecule has 6 nitrogen and oxygen atoms in total. The van der Waals surface area contributed by atoms with Crippen molar-refractivity contribution >= 4 is 23.1 Å². The van der Waals surface area contributed by atoms with E-state index in [1.807, 2.05) is 0 Å². The Labute approximate surface area is 155 Å². The predicted molar refractivity (Wildman–Crippen MR) is 99.2 cm³/mol. The number of hydrogen-bond donors (Lipinski definition) is 2. The van der Waals surface area contributed by atoms with E-state index in [4.69, 9.17) is 9.47 Å². The quantitative estimate of drug-likeness (QED) is 0.661. The Balaban J connectivity index is 1.92. The van der Waals surface area contributed by atoms with Crippen molar-refractivity contribution in [1.82, 2.24) is 9.97 Å². The van der Waals surface area contributed by atoms with Gasteiger partial charge in [-0.15, -0.1) is 0 Å². The van der Waals surface area contributed by atoms with Gasteiger partial charge < -0.3 is 20.1 Å². The second kappa shape index (κ2) is 7.86. The summed E-state index contributed by atoms with van der Waals surface area (Å²) in [6, 6.07) is 10.4. The molecule has 0 atom stereocenters. The fourth-order valence-electron chi connectivity index (χ4n) is 2.47. The van der Waals surface area contributed by atoms with Crippen LogP contribution in [-0.2, 0) is 0 Å². The van der Waals surface area contributed by atoms with Crippen LogP contribution in [0.5, 0.6) is 11.5 Å². The number of nitrogens with one attached hydrogen (secondary N) is 2. The number of para-hydroxylation sites is 1. The fraction of sp³-hybridized carbons (Fsp3) is 0.158. The molecule has 2 aromatic carbocycles. The number of ether oxygens (including phenoxy) is 2. The molecule has 0 saturated carbocycles. The minimum absolute atomic E-state index is 0.237. The van der Waals surface area contributed by atoms with Crippen molar-refractivity contribution in [2.45, 2.75) is 6.92 Å². The highest BCUT2D eigenvalue weighted by molar-refractivity contribution is 5.66. The third-order valence-corrected chi connectivity index (χ3v) is 3.72. The summed E-state index contributed by atoms with van der Waals surface area (Å²) in [5, 5.41) is 5.70. The van der Waals surface area contributed by atoms with Crippen LogP contribution in [0.25, 0.3) is 0 Å². The average Bonchev–Trinajstić information content (AvgIpc) is 2.64. The SMILES string of the molecule is COc1ccc(OC)c(Nc2nc(C)cc(Nc3c(F)cccc3F)n2)c1.